The first-order valence-electron chi connectivity index (χ1n) is 6.54. The molecule has 2 aromatic carbocycles. The molecule has 0 aliphatic carbocycles. The maximum Gasteiger partial charge on any atom is 0.193 e. The van der Waals surface area contributed by atoms with Crippen LogP contribution in [0, 0.1) is 6.92 Å². The van der Waals surface area contributed by atoms with Gasteiger partial charge in [-0.05, 0) is 31.0 Å². The first-order valence-corrected chi connectivity index (χ1v) is 7.34. The van der Waals surface area contributed by atoms with E-state index in [1.54, 1.807) is 7.11 Å². The predicted molar refractivity (Wildman–Crippen MR) is 84.7 cm³/mol. The normalized spacial score (nSPS) is 10.4. The van der Waals surface area contributed by atoms with E-state index >= 15 is 0 Å². The number of ether oxygens (including phenoxy) is 1. The van der Waals surface area contributed by atoms with Gasteiger partial charge in [0.1, 0.15) is 5.75 Å². The van der Waals surface area contributed by atoms with Crippen LogP contribution in [-0.4, -0.2) is 12.9 Å². The van der Waals surface area contributed by atoms with Crippen LogP contribution in [0.3, 0.4) is 0 Å². The third kappa shape index (κ3) is 2.93. The van der Waals surface area contributed by atoms with Crippen molar-refractivity contribution in [2.45, 2.75) is 20.3 Å². The number of methoxy groups -OCH3 is 1. The molecule has 0 radical (unpaired) electrons. The fraction of sp³-hybridized carbons (Fsp3) is 0.235. The number of rotatable bonds is 4. The molecule has 0 amide bonds. The molecule has 0 saturated heterocycles. The largest absolute Gasteiger partial charge is 0.496 e. The Morgan fingerprint density at radius 1 is 1.20 bits per heavy atom. The van der Waals surface area contributed by atoms with E-state index in [9.17, 15) is 4.79 Å². The molecule has 0 unspecified atom stereocenters. The molecule has 0 spiro atoms. The van der Waals surface area contributed by atoms with Crippen molar-refractivity contribution in [1.82, 2.24) is 0 Å². The molecule has 0 aliphatic heterocycles. The van der Waals surface area contributed by atoms with Crippen molar-refractivity contribution >= 4 is 21.7 Å². The van der Waals surface area contributed by atoms with Crippen LogP contribution >= 0.6 is 15.9 Å². The lowest BCUT2D eigenvalue weighted by Gasteiger charge is -2.11. The van der Waals surface area contributed by atoms with Crippen LogP contribution in [0.2, 0.25) is 0 Å². The van der Waals surface area contributed by atoms with Gasteiger partial charge in [-0.2, -0.15) is 0 Å². The molecule has 2 rings (SSSR count). The van der Waals surface area contributed by atoms with Crippen molar-refractivity contribution in [1.29, 1.82) is 0 Å². The zero-order valence-corrected chi connectivity index (χ0v) is 13.5. The molecule has 0 aromatic heterocycles. The lowest BCUT2D eigenvalue weighted by Crippen LogP contribution is -2.05. The van der Waals surface area contributed by atoms with E-state index < -0.39 is 0 Å². The highest BCUT2D eigenvalue weighted by atomic mass is 79.9. The summed E-state index contributed by atoms with van der Waals surface area (Å²) in [6, 6.07) is 11.5. The van der Waals surface area contributed by atoms with Crippen molar-refractivity contribution in [2.24, 2.45) is 0 Å². The van der Waals surface area contributed by atoms with Gasteiger partial charge in [0.2, 0.25) is 0 Å². The molecule has 104 valence electrons. The lowest BCUT2D eigenvalue weighted by atomic mass is 9.97. The number of ketones is 1. The summed E-state index contributed by atoms with van der Waals surface area (Å²) < 4.78 is 6.15. The first-order chi connectivity index (χ1) is 9.56. The van der Waals surface area contributed by atoms with Crippen LogP contribution in [0.15, 0.2) is 40.9 Å². The van der Waals surface area contributed by atoms with Crippen LogP contribution in [-0.2, 0) is 6.42 Å². The fourth-order valence-corrected chi connectivity index (χ4v) is 2.59. The van der Waals surface area contributed by atoms with E-state index in [1.165, 1.54) is 5.56 Å². The standard InChI is InChI=1S/C17H17BrO2/c1-4-12-5-7-13(8-6-12)17(19)15-9-14(18)10-16(20-3)11(15)2/h5-10H,4H2,1-3H3. The Labute approximate surface area is 127 Å². The summed E-state index contributed by atoms with van der Waals surface area (Å²) in [5.74, 6) is 0.734. The molecule has 0 saturated carbocycles. The number of hydrogen-bond donors (Lipinski definition) is 0. The van der Waals surface area contributed by atoms with E-state index in [0.29, 0.717) is 16.9 Å². The van der Waals surface area contributed by atoms with Gasteiger partial charge in [0.15, 0.2) is 5.78 Å². The van der Waals surface area contributed by atoms with Crippen molar-refractivity contribution < 1.29 is 9.53 Å². The number of carbonyl (C=O) groups is 1. The van der Waals surface area contributed by atoms with Crippen molar-refractivity contribution in [3.63, 3.8) is 0 Å². The number of carbonyl (C=O) groups excluding carboxylic acids is 1. The second kappa shape index (κ2) is 6.23. The molecule has 0 fully saturated rings. The highest BCUT2D eigenvalue weighted by molar-refractivity contribution is 9.10. The molecule has 0 atom stereocenters. The van der Waals surface area contributed by atoms with Gasteiger partial charge in [0, 0.05) is 21.2 Å². The fourth-order valence-electron chi connectivity index (χ4n) is 2.15. The van der Waals surface area contributed by atoms with E-state index in [-0.39, 0.29) is 5.78 Å². The Balaban J connectivity index is 2.44. The third-order valence-corrected chi connectivity index (χ3v) is 3.87. The van der Waals surface area contributed by atoms with Crippen LogP contribution in [0.4, 0.5) is 0 Å². The molecule has 3 heteroatoms. The first kappa shape index (κ1) is 14.8. The monoisotopic (exact) mass is 332 g/mol. The maximum absolute atomic E-state index is 12.6. The van der Waals surface area contributed by atoms with Crippen LogP contribution in [0.25, 0.3) is 0 Å². The zero-order chi connectivity index (χ0) is 14.7. The quantitative estimate of drug-likeness (QED) is 0.767. The maximum atomic E-state index is 12.6. The average molecular weight is 333 g/mol. The minimum Gasteiger partial charge on any atom is -0.496 e. The zero-order valence-electron chi connectivity index (χ0n) is 11.9. The van der Waals surface area contributed by atoms with Crippen LogP contribution in [0.5, 0.6) is 5.75 Å². The molecule has 20 heavy (non-hydrogen) atoms. The SMILES string of the molecule is CCc1ccc(C(=O)c2cc(Br)cc(OC)c2C)cc1. The molecular formula is C17H17BrO2. The Morgan fingerprint density at radius 2 is 1.85 bits per heavy atom. The van der Waals surface area contributed by atoms with E-state index in [4.69, 9.17) is 4.74 Å². The lowest BCUT2D eigenvalue weighted by molar-refractivity contribution is 0.103. The summed E-state index contributed by atoms with van der Waals surface area (Å²) in [5.41, 5.74) is 3.45. The van der Waals surface area contributed by atoms with Crippen LogP contribution in [0.1, 0.15) is 34.0 Å². The summed E-state index contributed by atoms with van der Waals surface area (Å²) in [5, 5.41) is 0. The second-order valence-electron chi connectivity index (χ2n) is 4.66. The molecule has 2 nitrogen and oxygen atoms in total. The average Bonchev–Trinajstić information content (AvgIpc) is 2.48. The van der Waals surface area contributed by atoms with E-state index in [0.717, 1.165) is 16.5 Å². The topological polar surface area (TPSA) is 26.3 Å². The minimum absolute atomic E-state index is 0.0183. The highest BCUT2D eigenvalue weighted by Gasteiger charge is 2.15. The Morgan fingerprint density at radius 3 is 2.40 bits per heavy atom. The Hall–Kier alpha value is -1.61. The van der Waals surface area contributed by atoms with Gasteiger partial charge in [-0.15, -0.1) is 0 Å². The van der Waals surface area contributed by atoms with Crippen molar-refractivity contribution in [2.75, 3.05) is 7.11 Å². The van der Waals surface area contributed by atoms with Gasteiger partial charge in [0.05, 0.1) is 7.11 Å². The van der Waals surface area contributed by atoms with Gasteiger partial charge < -0.3 is 4.74 Å². The Kier molecular flexibility index (Phi) is 4.61. The van der Waals surface area contributed by atoms with E-state index in [2.05, 4.69) is 22.9 Å². The summed E-state index contributed by atoms with van der Waals surface area (Å²) in [7, 11) is 1.61. The van der Waals surface area contributed by atoms with Crippen molar-refractivity contribution in [3.8, 4) is 5.75 Å². The summed E-state index contributed by atoms with van der Waals surface area (Å²) in [6.45, 7) is 4.00. The van der Waals surface area contributed by atoms with E-state index in [1.807, 2.05) is 43.3 Å². The van der Waals surface area contributed by atoms with Crippen LogP contribution < -0.4 is 4.74 Å². The second-order valence-corrected chi connectivity index (χ2v) is 5.58. The van der Waals surface area contributed by atoms with Gasteiger partial charge in [-0.1, -0.05) is 47.1 Å². The smallest absolute Gasteiger partial charge is 0.193 e. The highest BCUT2D eigenvalue weighted by Crippen LogP contribution is 2.28. The Bertz CT molecular complexity index is 630. The molecule has 0 heterocycles. The minimum atomic E-state index is 0.0183. The molecule has 0 aliphatic rings. The predicted octanol–water partition coefficient (Wildman–Crippen LogP) is 4.56. The molecule has 2 aromatic rings. The molecule has 0 bridgehead atoms. The number of halogens is 1. The third-order valence-electron chi connectivity index (χ3n) is 3.41. The summed E-state index contributed by atoms with van der Waals surface area (Å²) >= 11 is 3.42. The van der Waals surface area contributed by atoms with Gasteiger partial charge in [0.25, 0.3) is 0 Å². The van der Waals surface area contributed by atoms with Gasteiger partial charge in [-0.3, -0.25) is 4.79 Å². The number of aryl methyl sites for hydroxylation is 1. The molecular weight excluding hydrogens is 316 g/mol. The van der Waals surface area contributed by atoms with Gasteiger partial charge in [-0.25, -0.2) is 0 Å². The summed E-state index contributed by atoms with van der Waals surface area (Å²) in [4.78, 5) is 12.6. The van der Waals surface area contributed by atoms with Crippen molar-refractivity contribution in [3.05, 3.63) is 63.1 Å². The summed E-state index contributed by atoms with van der Waals surface area (Å²) in [6.07, 6.45) is 0.970. The number of benzene rings is 2. The number of hydrogen-bond acceptors (Lipinski definition) is 2. The molecule has 0 N–H and O–H groups in total. The van der Waals surface area contributed by atoms with Gasteiger partial charge >= 0.3 is 0 Å².